The number of nitrogens with one attached hydrogen (secondary N) is 1. The zero-order valence-electron chi connectivity index (χ0n) is 12.0. The van der Waals surface area contributed by atoms with Crippen LogP contribution < -0.4 is 5.32 Å². The molecule has 1 heterocycles. The van der Waals surface area contributed by atoms with Crippen LogP contribution in [0.5, 0.6) is 5.75 Å². The van der Waals surface area contributed by atoms with Crippen molar-refractivity contribution in [2.75, 3.05) is 11.9 Å². The molecule has 112 valence electrons. The van der Waals surface area contributed by atoms with Crippen LogP contribution >= 0.6 is 0 Å². The number of amides is 2. The Bertz CT molecular complexity index is 727. The highest BCUT2D eigenvalue weighted by Crippen LogP contribution is 2.19. The number of phenols is 1. The van der Waals surface area contributed by atoms with E-state index in [0.717, 1.165) is 12.0 Å². The number of hydrogen-bond acceptors (Lipinski definition) is 3. The molecule has 0 fully saturated rings. The number of fused-ring (bicyclic) bond motifs is 1. The zero-order chi connectivity index (χ0) is 15.5. The summed E-state index contributed by atoms with van der Waals surface area (Å²) in [6, 6.07) is 14.1. The highest BCUT2D eigenvalue weighted by Gasteiger charge is 2.25. The van der Waals surface area contributed by atoms with Crippen molar-refractivity contribution >= 4 is 17.5 Å². The van der Waals surface area contributed by atoms with Crippen LogP contribution in [0.3, 0.4) is 0 Å². The second kappa shape index (κ2) is 5.89. The van der Waals surface area contributed by atoms with Gasteiger partial charge >= 0.3 is 11.8 Å². The van der Waals surface area contributed by atoms with Crippen molar-refractivity contribution in [1.29, 1.82) is 0 Å². The fraction of sp³-hybridized carbons (Fsp3) is 0.176. The SMILES string of the molecule is O=C(Nc1cccc(O)c1)C(=O)N1CCc2ccccc2C1. The van der Waals surface area contributed by atoms with E-state index in [4.69, 9.17) is 0 Å². The summed E-state index contributed by atoms with van der Waals surface area (Å²) in [6.45, 7) is 0.978. The first-order chi connectivity index (χ1) is 10.6. The average Bonchev–Trinajstić information content (AvgIpc) is 2.53. The molecule has 3 rings (SSSR count). The Hall–Kier alpha value is -2.82. The number of carbonyl (C=O) groups excluding carboxylic acids is 2. The van der Waals surface area contributed by atoms with Crippen molar-refractivity contribution in [3.8, 4) is 5.75 Å². The number of aromatic hydroxyl groups is 1. The third-order valence-electron chi connectivity index (χ3n) is 3.72. The maximum atomic E-state index is 12.2. The number of phenolic OH excluding ortho intramolecular Hbond substituents is 1. The summed E-state index contributed by atoms with van der Waals surface area (Å²) in [5.41, 5.74) is 2.70. The largest absolute Gasteiger partial charge is 0.508 e. The molecule has 22 heavy (non-hydrogen) atoms. The van der Waals surface area contributed by atoms with Crippen molar-refractivity contribution < 1.29 is 14.7 Å². The Morgan fingerprint density at radius 1 is 1.05 bits per heavy atom. The highest BCUT2D eigenvalue weighted by molar-refractivity contribution is 6.39. The van der Waals surface area contributed by atoms with E-state index in [1.165, 1.54) is 17.7 Å². The van der Waals surface area contributed by atoms with Crippen LogP contribution in [0.4, 0.5) is 5.69 Å². The fourth-order valence-corrected chi connectivity index (χ4v) is 2.58. The Morgan fingerprint density at radius 3 is 2.59 bits per heavy atom. The quantitative estimate of drug-likeness (QED) is 0.790. The minimum absolute atomic E-state index is 0.0390. The highest BCUT2D eigenvalue weighted by atomic mass is 16.3. The third kappa shape index (κ3) is 2.93. The smallest absolute Gasteiger partial charge is 0.313 e. The van der Waals surface area contributed by atoms with Gasteiger partial charge in [0.05, 0.1) is 0 Å². The number of benzene rings is 2. The van der Waals surface area contributed by atoms with Crippen molar-refractivity contribution in [3.05, 3.63) is 59.7 Å². The molecule has 5 nitrogen and oxygen atoms in total. The lowest BCUT2D eigenvalue weighted by Crippen LogP contribution is -2.42. The van der Waals surface area contributed by atoms with Crippen LogP contribution in [0.15, 0.2) is 48.5 Å². The monoisotopic (exact) mass is 296 g/mol. The van der Waals surface area contributed by atoms with Crippen LogP contribution in [0, 0.1) is 0 Å². The van der Waals surface area contributed by atoms with Crippen molar-refractivity contribution in [2.45, 2.75) is 13.0 Å². The van der Waals surface area contributed by atoms with E-state index in [1.54, 1.807) is 17.0 Å². The fourth-order valence-electron chi connectivity index (χ4n) is 2.58. The lowest BCUT2D eigenvalue weighted by Gasteiger charge is -2.28. The van der Waals surface area contributed by atoms with Crippen molar-refractivity contribution in [2.24, 2.45) is 0 Å². The summed E-state index contributed by atoms with van der Waals surface area (Å²) in [5.74, 6) is -1.21. The lowest BCUT2D eigenvalue weighted by molar-refractivity contribution is -0.143. The minimum atomic E-state index is -0.690. The van der Waals surface area contributed by atoms with Gasteiger partial charge in [-0.15, -0.1) is 0 Å². The molecule has 2 aromatic carbocycles. The summed E-state index contributed by atoms with van der Waals surface area (Å²) >= 11 is 0. The van der Waals surface area contributed by atoms with Gasteiger partial charge in [0.1, 0.15) is 5.75 Å². The average molecular weight is 296 g/mol. The maximum absolute atomic E-state index is 12.2. The summed E-state index contributed by atoms with van der Waals surface area (Å²) < 4.78 is 0. The molecule has 0 bridgehead atoms. The van der Waals surface area contributed by atoms with Gasteiger partial charge in [0.15, 0.2) is 0 Å². The Kier molecular flexibility index (Phi) is 3.78. The molecule has 1 aliphatic rings. The molecule has 0 saturated heterocycles. The Balaban J connectivity index is 1.68. The summed E-state index contributed by atoms with van der Waals surface area (Å²) in [7, 11) is 0. The van der Waals surface area contributed by atoms with Crippen molar-refractivity contribution in [3.63, 3.8) is 0 Å². The predicted molar refractivity (Wildman–Crippen MR) is 82.3 cm³/mol. The Morgan fingerprint density at radius 2 is 1.82 bits per heavy atom. The van der Waals surface area contributed by atoms with Crippen LogP contribution in [0.25, 0.3) is 0 Å². The first-order valence-electron chi connectivity index (χ1n) is 7.09. The number of nitrogens with zero attached hydrogens (tertiary/aromatic N) is 1. The molecule has 1 aliphatic heterocycles. The Labute approximate surface area is 128 Å². The topological polar surface area (TPSA) is 69.6 Å². The van der Waals surface area contributed by atoms with E-state index in [-0.39, 0.29) is 5.75 Å². The number of hydrogen-bond donors (Lipinski definition) is 2. The van der Waals surface area contributed by atoms with E-state index >= 15 is 0 Å². The molecule has 2 N–H and O–H groups in total. The predicted octanol–water partition coefficient (Wildman–Crippen LogP) is 1.92. The van der Waals surface area contributed by atoms with Gasteiger partial charge in [-0.25, -0.2) is 0 Å². The van der Waals surface area contributed by atoms with Gasteiger partial charge in [-0.1, -0.05) is 30.3 Å². The lowest BCUT2D eigenvalue weighted by atomic mass is 10.00. The van der Waals surface area contributed by atoms with Gasteiger partial charge in [-0.2, -0.15) is 0 Å². The third-order valence-corrected chi connectivity index (χ3v) is 3.72. The maximum Gasteiger partial charge on any atom is 0.313 e. The zero-order valence-corrected chi connectivity index (χ0v) is 12.0. The molecule has 0 saturated carbocycles. The minimum Gasteiger partial charge on any atom is -0.508 e. The summed E-state index contributed by atoms with van der Waals surface area (Å²) in [4.78, 5) is 25.8. The standard InChI is InChI=1S/C17H16N2O3/c20-15-7-3-6-14(10-15)18-16(21)17(22)19-9-8-12-4-1-2-5-13(12)11-19/h1-7,10,20H,8-9,11H2,(H,18,21). The normalized spacial score (nSPS) is 13.4. The molecule has 0 aliphatic carbocycles. The van der Waals surface area contributed by atoms with E-state index < -0.39 is 11.8 Å². The van der Waals surface area contributed by atoms with Crippen LogP contribution in [-0.4, -0.2) is 28.4 Å². The molecular weight excluding hydrogens is 280 g/mol. The second-order valence-corrected chi connectivity index (χ2v) is 5.25. The van der Waals surface area contributed by atoms with Crippen molar-refractivity contribution in [1.82, 2.24) is 4.90 Å². The second-order valence-electron chi connectivity index (χ2n) is 5.25. The van der Waals surface area contributed by atoms with E-state index in [1.807, 2.05) is 24.3 Å². The first kappa shape index (κ1) is 14.1. The van der Waals surface area contributed by atoms with E-state index in [9.17, 15) is 14.7 Å². The van der Waals surface area contributed by atoms with Crippen LogP contribution in [-0.2, 0) is 22.6 Å². The number of anilines is 1. The number of carbonyl (C=O) groups is 2. The first-order valence-corrected chi connectivity index (χ1v) is 7.09. The van der Waals surface area contributed by atoms with Crippen LogP contribution in [0.2, 0.25) is 0 Å². The molecule has 0 spiro atoms. The van der Waals surface area contributed by atoms with Gasteiger partial charge in [0.25, 0.3) is 0 Å². The van der Waals surface area contributed by atoms with Gasteiger partial charge in [0, 0.05) is 24.8 Å². The summed E-state index contributed by atoms with van der Waals surface area (Å²) in [5, 5.41) is 11.9. The molecule has 5 heteroatoms. The molecule has 0 unspecified atom stereocenters. The molecule has 2 aromatic rings. The van der Waals surface area contributed by atoms with Gasteiger partial charge in [-0.05, 0) is 29.7 Å². The summed E-state index contributed by atoms with van der Waals surface area (Å²) in [6.07, 6.45) is 0.751. The van der Waals surface area contributed by atoms with Gasteiger partial charge in [-0.3, -0.25) is 9.59 Å². The molecule has 2 amide bonds. The van der Waals surface area contributed by atoms with Gasteiger partial charge in [0.2, 0.25) is 0 Å². The molecule has 0 radical (unpaired) electrons. The number of rotatable bonds is 1. The van der Waals surface area contributed by atoms with E-state index in [0.29, 0.717) is 18.8 Å². The molecular formula is C17H16N2O3. The molecule has 0 aromatic heterocycles. The van der Waals surface area contributed by atoms with Gasteiger partial charge < -0.3 is 15.3 Å². The van der Waals surface area contributed by atoms with E-state index in [2.05, 4.69) is 5.32 Å². The van der Waals surface area contributed by atoms with Crippen LogP contribution in [0.1, 0.15) is 11.1 Å². The molecule has 0 atom stereocenters.